The lowest BCUT2D eigenvalue weighted by Crippen LogP contribution is -2.41. The number of nitrogens with zero attached hydrogens (tertiary/aromatic N) is 3. The van der Waals surface area contributed by atoms with E-state index in [1.165, 1.54) is 0 Å². The van der Waals surface area contributed by atoms with Crippen LogP contribution < -0.4 is 0 Å². The van der Waals surface area contributed by atoms with E-state index in [4.69, 9.17) is 4.42 Å². The number of carbonyl (C=O) groups excluding carboxylic acids is 1. The van der Waals surface area contributed by atoms with Crippen molar-refractivity contribution < 1.29 is 26.0 Å². The molecule has 174 valence electrons. The Morgan fingerprint density at radius 3 is 2.41 bits per heavy atom. The van der Waals surface area contributed by atoms with E-state index >= 15 is 0 Å². The Kier molecular flexibility index (Phi) is 6.91. The molecule has 0 radical (unpaired) electrons. The highest BCUT2D eigenvalue weighted by molar-refractivity contribution is 7.99. The number of aromatic nitrogens is 2. The van der Waals surface area contributed by atoms with Crippen molar-refractivity contribution >= 4 is 37.3 Å². The third kappa shape index (κ3) is 6.10. The second kappa shape index (κ2) is 9.52. The van der Waals surface area contributed by atoms with Crippen LogP contribution in [0.2, 0.25) is 0 Å². The van der Waals surface area contributed by atoms with E-state index < -0.39 is 19.7 Å². The first-order valence-corrected chi connectivity index (χ1v) is 15.0. The van der Waals surface area contributed by atoms with Gasteiger partial charge in [-0.2, -0.15) is 0 Å². The quantitative estimate of drug-likeness (QED) is 0.494. The minimum atomic E-state index is -3.13. The maximum atomic E-state index is 13.0. The molecule has 2 saturated heterocycles. The number of thioether (sulfide) groups is 1. The number of benzene rings is 1. The fourth-order valence-corrected chi connectivity index (χ4v) is 8.35. The highest BCUT2D eigenvalue weighted by Gasteiger charge is 2.35. The number of carbonyl (C=O) groups is 1. The normalized spacial score (nSPS) is 23.9. The summed E-state index contributed by atoms with van der Waals surface area (Å²) in [5, 5.41) is 8.18. The van der Waals surface area contributed by atoms with Gasteiger partial charge in [0.25, 0.3) is 5.22 Å². The van der Waals surface area contributed by atoms with Gasteiger partial charge in [-0.25, -0.2) is 16.8 Å². The molecule has 9 nitrogen and oxygen atoms in total. The van der Waals surface area contributed by atoms with Gasteiger partial charge in [0.2, 0.25) is 11.8 Å². The lowest BCUT2D eigenvalue weighted by atomic mass is 10.1. The van der Waals surface area contributed by atoms with Gasteiger partial charge in [-0.05, 0) is 24.3 Å². The maximum Gasteiger partial charge on any atom is 0.277 e. The molecule has 0 bridgehead atoms. The predicted octanol–water partition coefficient (Wildman–Crippen LogP) is 1.35. The molecule has 2 atom stereocenters. The van der Waals surface area contributed by atoms with Gasteiger partial charge in [0, 0.05) is 19.0 Å². The molecule has 32 heavy (non-hydrogen) atoms. The minimum absolute atomic E-state index is 0.0226. The minimum Gasteiger partial charge on any atom is -0.416 e. The zero-order valence-electron chi connectivity index (χ0n) is 17.4. The molecule has 4 rings (SSSR count). The summed E-state index contributed by atoms with van der Waals surface area (Å²) in [6.07, 6.45) is 1.42. The number of sulfone groups is 2. The van der Waals surface area contributed by atoms with Gasteiger partial charge in [0.15, 0.2) is 19.7 Å². The van der Waals surface area contributed by atoms with Crippen LogP contribution in [0.25, 0.3) is 0 Å². The van der Waals surface area contributed by atoms with Gasteiger partial charge in [-0.1, -0.05) is 42.1 Å². The molecule has 2 fully saturated rings. The molecule has 0 saturated carbocycles. The molecule has 1 amide bonds. The van der Waals surface area contributed by atoms with Crippen LogP contribution in [-0.4, -0.2) is 72.6 Å². The van der Waals surface area contributed by atoms with E-state index in [0.29, 0.717) is 31.7 Å². The van der Waals surface area contributed by atoms with Gasteiger partial charge < -0.3 is 9.32 Å². The summed E-state index contributed by atoms with van der Waals surface area (Å²) in [4.78, 5) is 14.7. The van der Waals surface area contributed by atoms with Crippen molar-refractivity contribution in [3.63, 3.8) is 0 Å². The summed E-state index contributed by atoms with van der Waals surface area (Å²) in [7, 11) is -6.10. The predicted molar refractivity (Wildman–Crippen MR) is 120 cm³/mol. The molecule has 0 spiro atoms. The monoisotopic (exact) mass is 499 g/mol. The Morgan fingerprint density at radius 1 is 1.03 bits per heavy atom. The van der Waals surface area contributed by atoms with Crippen LogP contribution in [0.5, 0.6) is 0 Å². The molecule has 0 aliphatic carbocycles. The summed E-state index contributed by atoms with van der Waals surface area (Å²) in [5.74, 6) is 0.588. The molecule has 2 aliphatic rings. The fraction of sp³-hybridized carbons (Fsp3) is 0.550. The number of hydrogen-bond acceptors (Lipinski definition) is 9. The average Bonchev–Trinajstić information content (AvgIpc) is 3.43. The lowest BCUT2D eigenvalue weighted by Gasteiger charge is -2.28. The topological polar surface area (TPSA) is 128 Å². The Balaban J connectivity index is 1.37. The van der Waals surface area contributed by atoms with E-state index in [-0.39, 0.29) is 51.9 Å². The molecule has 3 heterocycles. The molecule has 2 aromatic rings. The summed E-state index contributed by atoms with van der Waals surface area (Å²) in [6, 6.07) is 9.12. The van der Waals surface area contributed by atoms with E-state index in [0.717, 1.165) is 17.3 Å². The zero-order valence-corrected chi connectivity index (χ0v) is 19.9. The van der Waals surface area contributed by atoms with Gasteiger partial charge >= 0.3 is 0 Å². The van der Waals surface area contributed by atoms with Crippen molar-refractivity contribution in [2.24, 2.45) is 5.92 Å². The third-order valence-corrected chi connectivity index (χ3v) is 10.1. The van der Waals surface area contributed by atoms with Crippen LogP contribution in [-0.2, 0) is 37.4 Å². The Bertz CT molecular complexity index is 1160. The fourth-order valence-electron chi connectivity index (χ4n) is 4.09. The zero-order chi connectivity index (χ0) is 22.8. The summed E-state index contributed by atoms with van der Waals surface area (Å²) in [5.41, 5.74) is 0.932. The van der Waals surface area contributed by atoms with Gasteiger partial charge in [-0.3, -0.25) is 4.79 Å². The summed E-state index contributed by atoms with van der Waals surface area (Å²) in [6.45, 7) is 0.339. The standard InChI is InChI=1S/C20H25N3O6S3/c24-19(12-30-20-22-21-18(29-20)10-16-6-8-31(25,26)13-16)23(11-15-4-2-1-3-5-15)17-7-9-32(27,28)14-17/h1-5,16-17H,6-14H2/t16-,17+/m1/s1. The lowest BCUT2D eigenvalue weighted by molar-refractivity contribution is -0.130. The van der Waals surface area contributed by atoms with Crippen molar-refractivity contribution in [1.82, 2.24) is 15.1 Å². The van der Waals surface area contributed by atoms with Crippen molar-refractivity contribution in [2.45, 2.75) is 37.1 Å². The summed E-state index contributed by atoms with van der Waals surface area (Å²) < 4.78 is 52.8. The van der Waals surface area contributed by atoms with Crippen LogP contribution in [0.3, 0.4) is 0 Å². The SMILES string of the molecule is O=C(CSc1nnc(C[C@H]2CCS(=O)(=O)C2)o1)N(Cc1ccccc1)[C@H]1CCS(=O)(=O)C1. The van der Waals surface area contributed by atoms with Crippen LogP contribution >= 0.6 is 11.8 Å². The molecule has 1 aromatic heterocycles. The summed E-state index contributed by atoms with van der Waals surface area (Å²) >= 11 is 1.11. The molecular formula is C20H25N3O6S3. The highest BCUT2D eigenvalue weighted by atomic mass is 32.2. The molecule has 1 aromatic carbocycles. The second-order valence-electron chi connectivity index (χ2n) is 8.29. The molecule has 0 N–H and O–H groups in total. The Morgan fingerprint density at radius 2 is 1.75 bits per heavy atom. The van der Waals surface area contributed by atoms with Gasteiger partial charge in [0.05, 0.1) is 28.8 Å². The van der Waals surface area contributed by atoms with Crippen LogP contribution in [0, 0.1) is 5.92 Å². The molecular weight excluding hydrogens is 474 g/mol. The highest BCUT2D eigenvalue weighted by Crippen LogP contribution is 2.25. The van der Waals surface area contributed by atoms with Crippen LogP contribution in [0.15, 0.2) is 40.0 Å². The van der Waals surface area contributed by atoms with E-state index in [2.05, 4.69) is 10.2 Å². The molecule has 2 aliphatic heterocycles. The number of rotatable bonds is 8. The average molecular weight is 500 g/mol. The van der Waals surface area contributed by atoms with E-state index in [9.17, 15) is 21.6 Å². The van der Waals surface area contributed by atoms with E-state index in [1.54, 1.807) is 4.90 Å². The van der Waals surface area contributed by atoms with Crippen molar-refractivity contribution in [2.75, 3.05) is 28.8 Å². The maximum absolute atomic E-state index is 13.0. The Hall–Kier alpha value is -1.92. The number of amides is 1. The first kappa shape index (κ1) is 23.2. The Labute approximate surface area is 191 Å². The molecule has 12 heteroatoms. The number of hydrogen-bond donors (Lipinski definition) is 0. The van der Waals surface area contributed by atoms with Gasteiger partial charge in [0.1, 0.15) is 0 Å². The van der Waals surface area contributed by atoms with Crippen molar-refractivity contribution in [3.05, 3.63) is 41.8 Å². The molecule has 0 unspecified atom stereocenters. The van der Waals surface area contributed by atoms with Crippen molar-refractivity contribution in [1.29, 1.82) is 0 Å². The first-order valence-electron chi connectivity index (χ1n) is 10.4. The van der Waals surface area contributed by atoms with Gasteiger partial charge in [-0.15, -0.1) is 10.2 Å². The van der Waals surface area contributed by atoms with Crippen molar-refractivity contribution in [3.8, 4) is 0 Å². The smallest absolute Gasteiger partial charge is 0.277 e. The van der Waals surface area contributed by atoms with E-state index in [1.807, 2.05) is 30.3 Å². The second-order valence-corrected chi connectivity index (χ2v) is 13.7. The van der Waals surface area contributed by atoms with Crippen LogP contribution in [0.4, 0.5) is 0 Å². The largest absolute Gasteiger partial charge is 0.416 e. The first-order chi connectivity index (χ1) is 15.2. The third-order valence-electron chi connectivity index (χ3n) is 5.72. The van der Waals surface area contributed by atoms with Crippen LogP contribution in [0.1, 0.15) is 24.3 Å².